The lowest BCUT2D eigenvalue weighted by atomic mass is 9.89. The molecule has 0 aromatic rings. The topological polar surface area (TPSA) is 12.0 Å². The van der Waals surface area contributed by atoms with E-state index in [-0.39, 0.29) is 0 Å². The first-order valence-corrected chi connectivity index (χ1v) is 6.06. The Labute approximate surface area is 87.3 Å². The maximum Gasteiger partial charge on any atom is 0.0296 e. The number of hydrogen-bond acceptors (Lipinski definition) is 1. The van der Waals surface area contributed by atoms with E-state index < -0.39 is 0 Å². The van der Waals surface area contributed by atoms with Crippen LogP contribution in [-0.4, -0.2) is 6.54 Å². The molecule has 1 N–H and O–H groups in total. The van der Waals surface area contributed by atoms with Gasteiger partial charge in [-0.3, -0.25) is 0 Å². The molecule has 1 saturated carbocycles. The van der Waals surface area contributed by atoms with E-state index in [0.717, 1.165) is 5.92 Å². The third-order valence-corrected chi connectivity index (χ3v) is 3.31. The van der Waals surface area contributed by atoms with E-state index in [1.54, 1.807) is 0 Å². The van der Waals surface area contributed by atoms with Crippen LogP contribution in [0.25, 0.3) is 0 Å². The molecule has 0 spiro atoms. The summed E-state index contributed by atoms with van der Waals surface area (Å²) in [6.45, 7) is 1.19. The van der Waals surface area contributed by atoms with Gasteiger partial charge in [0.1, 0.15) is 0 Å². The van der Waals surface area contributed by atoms with E-state index in [1.807, 2.05) is 0 Å². The molecule has 14 heavy (non-hydrogen) atoms. The maximum absolute atomic E-state index is 3.57. The first-order valence-electron chi connectivity index (χ1n) is 6.06. The van der Waals surface area contributed by atoms with Crippen LogP contribution in [0.2, 0.25) is 0 Å². The van der Waals surface area contributed by atoms with Gasteiger partial charge in [-0.2, -0.15) is 0 Å². The summed E-state index contributed by atoms with van der Waals surface area (Å²) in [6.07, 6.45) is 16.5. The van der Waals surface area contributed by atoms with Crippen molar-refractivity contribution in [2.75, 3.05) is 6.54 Å². The van der Waals surface area contributed by atoms with Gasteiger partial charge in [-0.05, 0) is 37.7 Å². The Kier molecular flexibility index (Phi) is 3.67. The molecule has 1 fully saturated rings. The number of allylic oxidation sites excluding steroid dienone is 3. The second kappa shape index (κ2) is 5.23. The molecule has 2 aliphatic carbocycles. The van der Waals surface area contributed by atoms with E-state index in [9.17, 15) is 0 Å². The highest BCUT2D eigenvalue weighted by Gasteiger charge is 2.12. The zero-order valence-electron chi connectivity index (χ0n) is 8.97. The molecule has 0 bridgehead atoms. The van der Waals surface area contributed by atoms with Crippen LogP contribution in [0.4, 0.5) is 0 Å². The summed E-state index contributed by atoms with van der Waals surface area (Å²) in [4.78, 5) is 0. The minimum Gasteiger partial charge on any atom is -0.385 e. The smallest absolute Gasteiger partial charge is 0.0296 e. The van der Waals surface area contributed by atoms with Crippen LogP contribution in [0.15, 0.2) is 23.9 Å². The van der Waals surface area contributed by atoms with Crippen molar-refractivity contribution in [3.63, 3.8) is 0 Å². The fraction of sp³-hybridized carbons (Fsp3) is 0.692. The second-order valence-electron chi connectivity index (χ2n) is 4.52. The van der Waals surface area contributed by atoms with Crippen LogP contribution < -0.4 is 5.32 Å². The van der Waals surface area contributed by atoms with Gasteiger partial charge in [-0.25, -0.2) is 0 Å². The number of hydrogen-bond donors (Lipinski definition) is 1. The normalized spacial score (nSPS) is 23.3. The average Bonchev–Trinajstić information content (AvgIpc) is 2.29. The highest BCUT2D eigenvalue weighted by molar-refractivity contribution is 5.20. The van der Waals surface area contributed by atoms with Gasteiger partial charge in [0.05, 0.1) is 0 Å². The lowest BCUT2D eigenvalue weighted by molar-refractivity contribution is 0.351. The summed E-state index contributed by atoms with van der Waals surface area (Å²) in [7, 11) is 0. The molecule has 78 valence electrons. The van der Waals surface area contributed by atoms with E-state index in [1.165, 1.54) is 57.2 Å². The molecule has 0 unspecified atom stereocenters. The Balaban J connectivity index is 1.70. The molecule has 0 heterocycles. The van der Waals surface area contributed by atoms with Gasteiger partial charge in [0.15, 0.2) is 0 Å². The molecule has 2 rings (SSSR count). The third kappa shape index (κ3) is 2.90. The molecule has 2 aliphatic rings. The van der Waals surface area contributed by atoms with Crippen molar-refractivity contribution in [2.45, 2.75) is 44.9 Å². The van der Waals surface area contributed by atoms with Crippen molar-refractivity contribution < 1.29 is 0 Å². The lowest BCUT2D eigenvalue weighted by Gasteiger charge is -2.23. The van der Waals surface area contributed by atoms with Crippen LogP contribution in [0.5, 0.6) is 0 Å². The van der Waals surface area contributed by atoms with Crippen molar-refractivity contribution in [2.24, 2.45) is 5.92 Å². The van der Waals surface area contributed by atoms with Crippen LogP contribution in [-0.2, 0) is 0 Å². The molecule has 0 aliphatic heterocycles. The van der Waals surface area contributed by atoms with Crippen molar-refractivity contribution in [3.05, 3.63) is 23.9 Å². The largest absolute Gasteiger partial charge is 0.385 e. The van der Waals surface area contributed by atoms with E-state index in [4.69, 9.17) is 0 Å². The third-order valence-electron chi connectivity index (χ3n) is 3.31. The zero-order valence-corrected chi connectivity index (χ0v) is 8.97. The molecular weight excluding hydrogens is 170 g/mol. The Morgan fingerprint density at radius 3 is 2.71 bits per heavy atom. The summed E-state index contributed by atoms with van der Waals surface area (Å²) in [5.74, 6) is 0.931. The van der Waals surface area contributed by atoms with Crippen LogP contribution in [0.1, 0.15) is 44.9 Å². The Hall–Kier alpha value is -0.720. The van der Waals surface area contributed by atoms with E-state index in [2.05, 4.69) is 23.5 Å². The summed E-state index contributed by atoms with van der Waals surface area (Å²) in [6, 6.07) is 0. The highest BCUT2D eigenvalue weighted by Crippen LogP contribution is 2.23. The standard InChI is InChI=1S/C13H21N/c1-3-7-12(8-4-1)11-14-13-9-5-2-6-10-13/h5,9-10,12,14H,1-4,6-8,11H2. The molecule has 0 saturated heterocycles. The summed E-state index contributed by atoms with van der Waals surface area (Å²) in [5, 5.41) is 3.57. The van der Waals surface area contributed by atoms with Crippen LogP contribution in [0.3, 0.4) is 0 Å². The number of nitrogens with one attached hydrogen (secondary N) is 1. The van der Waals surface area contributed by atoms with Gasteiger partial charge in [0.25, 0.3) is 0 Å². The van der Waals surface area contributed by atoms with Gasteiger partial charge in [0, 0.05) is 12.2 Å². The molecule has 0 radical (unpaired) electrons. The zero-order chi connectivity index (χ0) is 9.64. The molecule has 0 atom stereocenters. The van der Waals surface area contributed by atoms with E-state index in [0.29, 0.717) is 0 Å². The van der Waals surface area contributed by atoms with Crippen molar-refractivity contribution in [1.29, 1.82) is 0 Å². The summed E-state index contributed by atoms with van der Waals surface area (Å²) >= 11 is 0. The van der Waals surface area contributed by atoms with Crippen LogP contribution in [0, 0.1) is 5.92 Å². The van der Waals surface area contributed by atoms with Crippen LogP contribution >= 0.6 is 0 Å². The molecule has 0 aromatic heterocycles. The van der Waals surface area contributed by atoms with Crippen molar-refractivity contribution >= 4 is 0 Å². The lowest BCUT2D eigenvalue weighted by Crippen LogP contribution is -2.23. The Bertz CT molecular complexity index is 221. The van der Waals surface area contributed by atoms with Crippen molar-refractivity contribution in [1.82, 2.24) is 5.32 Å². The Morgan fingerprint density at radius 2 is 2.00 bits per heavy atom. The van der Waals surface area contributed by atoms with Gasteiger partial charge >= 0.3 is 0 Å². The molecule has 0 amide bonds. The molecule has 1 nitrogen and oxygen atoms in total. The Morgan fingerprint density at radius 1 is 1.14 bits per heavy atom. The monoisotopic (exact) mass is 191 g/mol. The van der Waals surface area contributed by atoms with E-state index >= 15 is 0 Å². The SMILES string of the molecule is C1=CC(NCC2CCCCC2)=CCC1. The van der Waals surface area contributed by atoms with Gasteiger partial charge in [0.2, 0.25) is 0 Å². The first-order chi connectivity index (χ1) is 6.95. The molecule has 0 aromatic carbocycles. The summed E-state index contributed by atoms with van der Waals surface area (Å²) in [5.41, 5.74) is 1.35. The predicted molar refractivity (Wildman–Crippen MR) is 61.0 cm³/mol. The van der Waals surface area contributed by atoms with Gasteiger partial charge in [-0.15, -0.1) is 0 Å². The fourth-order valence-corrected chi connectivity index (χ4v) is 2.40. The highest BCUT2D eigenvalue weighted by atomic mass is 14.9. The minimum atomic E-state index is 0.931. The maximum atomic E-state index is 3.57. The number of rotatable bonds is 3. The molecule has 1 heteroatoms. The quantitative estimate of drug-likeness (QED) is 0.721. The molecular formula is C13H21N. The predicted octanol–water partition coefficient (Wildman–Crippen LogP) is 3.39. The second-order valence-corrected chi connectivity index (χ2v) is 4.52. The van der Waals surface area contributed by atoms with Gasteiger partial charge < -0.3 is 5.32 Å². The first kappa shape index (κ1) is 9.82. The van der Waals surface area contributed by atoms with Gasteiger partial charge in [-0.1, -0.05) is 31.4 Å². The summed E-state index contributed by atoms with van der Waals surface area (Å²) < 4.78 is 0. The minimum absolute atomic E-state index is 0.931. The average molecular weight is 191 g/mol. The fourth-order valence-electron chi connectivity index (χ4n) is 2.40. The van der Waals surface area contributed by atoms with Crippen molar-refractivity contribution in [3.8, 4) is 0 Å².